The second-order valence-electron chi connectivity index (χ2n) is 4.67. The minimum Gasteiger partial charge on any atom is -0.321 e. The quantitative estimate of drug-likeness (QED) is 0.695. The van der Waals surface area contributed by atoms with Crippen molar-refractivity contribution in [1.82, 2.24) is 5.43 Å². The molecule has 3 heteroatoms. The van der Waals surface area contributed by atoms with Gasteiger partial charge in [0.2, 0.25) is 0 Å². The monoisotopic (exact) mass is 266 g/mol. The third kappa shape index (κ3) is 2.95. The first-order valence-corrected chi connectivity index (χ1v) is 6.53. The average molecular weight is 266 g/mol. The Morgan fingerprint density at radius 3 is 2.50 bits per heavy atom. The van der Waals surface area contributed by atoms with Gasteiger partial charge in [0.1, 0.15) is 5.82 Å². The molecule has 0 amide bonds. The van der Waals surface area contributed by atoms with Gasteiger partial charge in [0.25, 0.3) is 0 Å². The normalized spacial score (nSPS) is 10.7. The molecule has 0 unspecified atom stereocenters. The van der Waals surface area contributed by atoms with E-state index in [2.05, 4.69) is 41.2 Å². The van der Waals surface area contributed by atoms with Crippen LogP contribution in [0.2, 0.25) is 0 Å². The fraction of sp³-hybridized carbons (Fsp3) is 0.0588. The molecule has 0 bridgehead atoms. The average Bonchev–Trinajstić information content (AvgIpc) is 2.47. The van der Waals surface area contributed by atoms with Crippen molar-refractivity contribution in [3.05, 3.63) is 78.1 Å². The van der Waals surface area contributed by atoms with E-state index < -0.39 is 0 Å². The molecule has 3 aromatic rings. The van der Waals surface area contributed by atoms with E-state index in [9.17, 15) is 4.39 Å². The van der Waals surface area contributed by atoms with Gasteiger partial charge in [0.15, 0.2) is 0 Å². The molecule has 0 atom stereocenters. The first kappa shape index (κ1) is 12.6. The molecule has 0 aliphatic rings. The number of nitrogens with one attached hydrogen (secondary N) is 2. The third-order valence-electron chi connectivity index (χ3n) is 3.16. The Labute approximate surface area is 117 Å². The van der Waals surface area contributed by atoms with Crippen LogP contribution in [0.25, 0.3) is 10.8 Å². The molecule has 2 N–H and O–H groups in total. The van der Waals surface area contributed by atoms with Crippen molar-refractivity contribution in [3.8, 4) is 0 Å². The summed E-state index contributed by atoms with van der Waals surface area (Å²) in [6.45, 7) is 0.668. The Morgan fingerprint density at radius 1 is 0.800 bits per heavy atom. The van der Waals surface area contributed by atoms with Gasteiger partial charge in [-0.1, -0.05) is 42.5 Å². The summed E-state index contributed by atoms with van der Waals surface area (Å²) in [5.74, 6) is -0.248. The van der Waals surface area contributed by atoms with Crippen molar-refractivity contribution in [2.24, 2.45) is 0 Å². The van der Waals surface area contributed by atoms with E-state index >= 15 is 0 Å². The zero-order valence-corrected chi connectivity index (χ0v) is 10.9. The molecule has 0 spiro atoms. The summed E-state index contributed by atoms with van der Waals surface area (Å²) in [7, 11) is 0. The lowest BCUT2D eigenvalue weighted by molar-refractivity contribution is 0.627. The summed E-state index contributed by atoms with van der Waals surface area (Å²) in [6, 6.07) is 21.0. The summed E-state index contributed by atoms with van der Waals surface area (Å²) in [5, 5.41) is 2.45. The lowest BCUT2D eigenvalue weighted by atomic mass is 10.1. The molecular weight excluding hydrogens is 251 g/mol. The van der Waals surface area contributed by atoms with E-state index in [1.54, 1.807) is 6.07 Å². The number of halogens is 1. The second-order valence-corrected chi connectivity index (χ2v) is 4.67. The van der Waals surface area contributed by atoms with Crippen LogP contribution >= 0.6 is 0 Å². The maximum Gasteiger partial charge on any atom is 0.125 e. The second kappa shape index (κ2) is 5.72. The molecule has 0 saturated heterocycles. The Bertz CT molecular complexity index is 725. The van der Waals surface area contributed by atoms with Crippen LogP contribution in [-0.4, -0.2) is 0 Å². The number of hydrogen-bond donors (Lipinski definition) is 2. The topological polar surface area (TPSA) is 24.1 Å². The van der Waals surface area contributed by atoms with Crippen LogP contribution in [0, 0.1) is 5.82 Å². The Kier molecular flexibility index (Phi) is 3.61. The fourth-order valence-corrected chi connectivity index (χ4v) is 2.16. The summed E-state index contributed by atoms with van der Waals surface area (Å²) >= 11 is 0. The maximum absolute atomic E-state index is 13.0. The number of hydrogen-bond acceptors (Lipinski definition) is 2. The van der Waals surface area contributed by atoms with E-state index in [-0.39, 0.29) is 5.82 Å². The highest BCUT2D eigenvalue weighted by Gasteiger charge is 1.97. The van der Waals surface area contributed by atoms with Crippen LogP contribution in [0.3, 0.4) is 0 Å². The highest BCUT2D eigenvalue weighted by Crippen LogP contribution is 2.15. The van der Waals surface area contributed by atoms with Crippen molar-refractivity contribution in [2.75, 3.05) is 5.43 Å². The maximum atomic E-state index is 13.0. The SMILES string of the molecule is Fc1cccc(NNCc2ccc3ccccc3c2)c1. The molecule has 0 saturated carbocycles. The van der Waals surface area contributed by atoms with E-state index in [1.807, 2.05) is 18.2 Å². The molecule has 0 aliphatic heterocycles. The summed E-state index contributed by atoms with van der Waals surface area (Å²) in [4.78, 5) is 0. The molecule has 0 fully saturated rings. The first-order chi connectivity index (χ1) is 9.81. The lowest BCUT2D eigenvalue weighted by Gasteiger charge is -2.09. The van der Waals surface area contributed by atoms with Crippen LogP contribution < -0.4 is 10.9 Å². The number of hydrazine groups is 1. The molecular formula is C17H15FN2. The van der Waals surface area contributed by atoms with E-state index in [1.165, 1.54) is 28.5 Å². The summed E-state index contributed by atoms with van der Waals surface area (Å²) in [5.41, 5.74) is 7.97. The number of fused-ring (bicyclic) bond motifs is 1. The number of rotatable bonds is 4. The van der Waals surface area contributed by atoms with Crippen LogP contribution in [0.1, 0.15) is 5.56 Å². The minimum absolute atomic E-state index is 0.248. The molecule has 3 aromatic carbocycles. The Morgan fingerprint density at radius 2 is 1.65 bits per heavy atom. The third-order valence-corrected chi connectivity index (χ3v) is 3.16. The van der Waals surface area contributed by atoms with E-state index in [4.69, 9.17) is 0 Å². The van der Waals surface area contributed by atoms with Crippen LogP contribution in [0.15, 0.2) is 66.7 Å². The zero-order chi connectivity index (χ0) is 13.8. The van der Waals surface area contributed by atoms with Gasteiger partial charge in [-0.15, -0.1) is 0 Å². The Balaban J connectivity index is 1.65. The molecule has 0 radical (unpaired) electrons. The van der Waals surface area contributed by atoms with Crippen LogP contribution in [-0.2, 0) is 6.54 Å². The predicted octanol–water partition coefficient (Wildman–Crippen LogP) is 4.10. The fourth-order valence-electron chi connectivity index (χ4n) is 2.16. The van der Waals surface area contributed by atoms with Crippen molar-refractivity contribution >= 4 is 16.5 Å². The molecule has 100 valence electrons. The standard InChI is InChI=1S/C17H15FN2/c18-16-6-3-7-17(11-16)20-19-12-13-8-9-14-4-1-2-5-15(14)10-13/h1-11,19-20H,12H2. The molecule has 20 heavy (non-hydrogen) atoms. The highest BCUT2D eigenvalue weighted by atomic mass is 19.1. The molecule has 0 heterocycles. The van der Waals surface area contributed by atoms with E-state index in [0.717, 1.165) is 0 Å². The number of anilines is 1. The van der Waals surface area contributed by atoms with Gasteiger partial charge in [-0.25, -0.2) is 9.82 Å². The van der Waals surface area contributed by atoms with Gasteiger partial charge in [0.05, 0.1) is 5.69 Å². The predicted molar refractivity (Wildman–Crippen MR) is 80.8 cm³/mol. The number of benzene rings is 3. The van der Waals surface area contributed by atoms with Crippen LogP contribution in [0.5, 0.6) is 0 Å². The van der Waals surface area contributed by atoms with Crippen molar-refractivity contribution in [3.63, 3.8) is 0 Å². The highest BCUT2D eigenvalue weighted by molar-refractivity contribution is 5.82. The van der Waals surface area contributed by atoms with Crippen molar-refractivity contribution in [1.29, 1.82) is 0 Å². The van der Waals surface area contributed by atoms with Crippen molar-refractivity contribution in [2.45, 2.75) is 6.54 Å². The Hall–Kier alpha value is -2.39. The van der Waals surface area contributed by atoms with Gasteiger partial charge in [0, 0.05) is 6.54 Å². The first-order valence-electron chi connectivity index (χ1n) is 6.53. The zero-order valence-electron chi connectivity index (χ0n) is 10.9. The minimum atomic E-state index is -0.248. The van der Waals surface area contributed by atoms with Gasteiger partial charge in [-0.05, 0) is 40.6 Å². The summed E-state index contributed by atoms with van der Waals surface area (Å²) < 4.78 is 13.0. The molecule has 3 rings (SSSR count). The van der Waals surface area contributed by atoms with Gasteiger partial charge in [-0.2, -0.15) is 0 Å². The molecule has 2 nitrogen and oxygen atoms in total. The van der Waals surface area contributed by atoms with E-state index in [0.29, 0.717) is 12.2 Å². The molecule has 0 aliphatic carbocycles. The molecule has 0 aromatic heterocycles. The smallest absolute Gasteiger partial charge is 0.125 e. The lowest BCUT2D eigenvalue weighted by Crippen LogP contribution is -2.20. The van der Waals surface area contributed by atoms with Gasteiger partial charge in [-0.3, -0.25) is 0 Å². The van der Waals surface area contributed by atoms with Crippen LogP contribution in [0.4, 0.5) is 10.1 Å². The van der Waals surface area contributed by atoms with Gasteiger partial charge >= 0.3 is 0 Å². The summed E-state index contributed by atoms with van der Waals surface area (Å²) in [6.07, 6.45) is 0. The van der Waals surface area contributed by atoms with Gasteiger partial charge < -0.3 is 5.43 Å². The largest absolute Gasteiger partial charge is 0.321 e. The van der Waals surface area contributed by atoms with Crippen molar-refractivity contribution < 1.29 is 4.39 Å².